The van der Waals surface area contributed by atoms with Gasteiger partial charge in [0.15, 0.2) is 0 Å². The van der Waals surface area contributed by atoms with Crippen LogP contribution in [0.3, 0.4) is 0 Å². The largest absolute Gasteiger partial charge is 0.356 e. The number of carbonyl (C=O) groups excluding carboxylic acids is 2. The molecule has 31 heavy (non-hydrogen) atoms. The Kier molecular flexibility index (Phi) is 3.87. The van der Waals surface area contributed by atoms with Crippen LogP contribution in [0.5, 0.6) is 0 Å². The number of amides is 3. The van der Waals surface area contributed by atoms with E-state index in [0.717, 1.165) is 59.7 Å². The number of likely N-dealkylation sites (N-methyl/N-ethyl adjacent to an activating group) is 1. The van der Waals surface area contributed by atoms with Crippen molar-refractivity contribution in [3.63, 3.8) is 0 Å². The van der Waals surface area contributed by atoms with Crippen molar-refractivity contribution in [1.82, 2.24) is 25.2 Å². The number of H-pyrrole nitrogens is 1. The van der Waals surface area contributed by atoms with Crippen molar-refractivity contribution in [1.29, 1.82) is 0 Å². The maximum Gasteiger partial charge on any atom is 0.324 e. The molecule has 3 amide bonds. The van der Waals surface area contributed by atoms with Crippen LogP contribution in [0.25, 0.3) is 11.0 Å². The monoisotopic (exact) mass is 416 g/mol. The highest BCUT2D eigenvalue weighted by Gasteiger charge is 2.54. The molecule has 6 rings (SSSR count). The number of carbonyl (C=O) groups is 2. The highest BCUT2D eigenvalue weighted by atomic mass is 16.2. The van der Waals surface area contributed by atoms with Gasteiger partial charge in [0.25, 0.3) is 5.91 Å². The molecule has 2 atom stereocenters. The number of imide groups is 1. The molecule has 2 aromatic heterocycles. The molecule has 1 aliphatic carbocycles. The van der Waals surface area contributed by atoms with Gasteiger partial charge in [0.05, 0.1) is 11.0 Å². The SMILES string of the molecule is CN1C(=O)NC(=O)C12Cc1cc3nc(C4CCCN(c5ccccn5)C4)[nH]c3cc1C2. The smallest absolute Gasteiger partial charge is 0.324 e. The van der Waals surface area contributed by atoms with Crippen molar-refractivity contribution in [3.05, 3.63) is 53.5 Å². The molecule has 2 fully saturated rings. The van der Waals surface area contributed by atoms with Crippen LogP contribution in [0, 0.1) is 0 Å². The summed E-state index contributed by atoms with van der Waals surface area (Å²) in [6, 6.07) is 9.90. The lowest BCUT2D eigenvalue weighted by molar-refractivity contribution is -0.125. The second kappa shape index (κ2) is 6.54. The molecule has 2 aliphatic heterocycles. The lowest BCUT2D eigenvalue weighted by Gasteiger charge is -2.32. The Morgan fingerprint density at radius 3 is 2.74 bits per heavy atom. The molecule has 8 nitrogen and oxygen atoms in total. The van der Waals surface area contributed by atoms with Crippen LogP contribution < -0.4 is 10.2 Å². The Balaban J connectivity index is 1.28. The third-order valence-corrected chi connectivity index (χ3v) is 7.16. The highest BCUT2D eigenvalue weighted by Crippen LogP contribution is 2.39. The molecule has 0 bridgehead atoms. The van der Waals surface area contributed by atoms with Crippen molar-refractivity contribution >= 4 is 28.8 Å². The predicted molar refractivity (Wildman–Crippen MR) is 116 cm³/mol. The Morgan fingerprint density at radius 2 is 2.00 bits per heavy atom. The summed E-state index contributed by atoms with van der Waals surface area (Å²) in [5.74, 6) is 2.15. The predicted octanol–water partition coefficient (Wildman–Crippen LogP) is 2.36. The van der Waals surface area contributed by atoms with Gasteiger partial charge >= 0.3 is 6.03 Å². The minimum atomic E-state index is -0.798. The molecule has 158 valence electrons. The maximum atomic E-state index is 12.5. The average molecular weight is 416 g/mol. The van der Waals surface area contributed by atoms with Gasteiger partial charge in [-0.3, -0.25) is 10.1 Å². The van der Waals surface area contributed by atoms with Gasteiger partial charge in [-0.15, -0.1) is 0 Å². The third-order valence-electron chi connectivity index (χ3n) is 7.16. The molecule has 4 heterocycles. The number of aromatic amines is 1. The Labute approximate surface area is 179 Å². The van der Waals surface area contributed by atoms with Crippen LogP contribution in [0.15, 0.2) is 36.5 Å². The lowest BCUT2D eigenvalue weighted by Crippen LogP contribution is -2.48. The zero-order chi connectivity index (χ0) is 21.2. The zero-order valence-corrected chi connectivity index (χ0v) is 17.4. The van der Waals surface area contributed by atoms with E-state index < -0.39 is 5.54 Å². The number of rotatable bonds is 2. The van der Waals surface area contributed by atoms with E-state index in [9.17, 15) is 9.59 Å². The number of hydrogen-bond donors (Lipinski definition) is 2. The first-order valence-electron chi connectivity index (χ1n) is 10.8. The summed E-state index contributed by atoms with van der Waals surface area (Å²) in [6.07, 6.45) is 5.11. The first-order chi connectivity index (χ1) is 15.0. The second-order valence-electron chi connectivity index (χ2n) is 8.94. The second-order valence-corrected chi connectivity index (χ2v) is 8.94. The molecule has 8 heteroatoms. The van der Waals surface area contributed by atoms with Gasteiger partial charge in [-0.05, 0) is 48.2 Å². The molecule has 2 unspecified atom stereocenters. The summed E-state index contributed by atoms with van der Waals surface area (Å²) in [4.78, 5) is 41.4. The third kappa shape index (κ3) is 2.74. The topological polar surface area (TPSA) is 94.2 Å². The molecule has 1 spiro atoms. The zero-order valence-electron chi connectivity index (χ0n) is 17.4. The van der Waals surface area contributed by atoms with Gasteiger partial charge in [-0.1, -0.05) is 6.07 Å². The van der Waals surface area contributed by atoms with Crippen LogP contribution in [0.1, 0.15) is 35.7 Å². The Hall–Kier alpha value is -3.42. The fourth-order valence-electron chi connectivity index (χ4n) is 5.37. The minimum Gasteiger partial charge on any atom is -0.356 e. The van der Waals surface area contributed by atoms with Gasteiger partial charge in [0.1, 0.15) is 17.2 Å². The minimum absolute atomic E-state index is 0.203. The summed E-state index contributed by atoms with van der Waals surface area (Å²) >= 11 is 0. The first-order valence-corrected chi connectivity index (χ1v) is 10.8. The highest BCUT2D eigenvalue weighted by molar-refractivity contribution is 6.07. The van der Waals surface area contributed by atoms with Crippen molar-refractivity contribution in [3.8, 4) is 0 Å². The van der Waals surface area contributed by atoms with E-state index in [1.807, 2.05) is 18.3 Å². The number of hydrogen-bond acceptors (Lipinski definition) is 5. The van der Waals surface area contributed by atoms with Crippen molar-refractivity contribution < 1.29 is 9.59 Å². The fourth-order valence-corrected chi connectivity index (χ4v) is 5.37. The number of benzene rings is 1. The maximum absolute atomic E-state index is 12.5. The van der Waals surface area contributed by atoms with Crippen LogP contribution >= 0.6 is 0 Å². The van der Waals surface area contributed by atoms with E-state index >= 15 is 0 Å². The molecular weight excluding hydrogens is 392 g/mol. The van der Waals surface area contributed by atoms with Gasteiger partial charge in [-0.2, -0.15) is 0 Å². The van der Waals surface area contributed by atoms with Crippen molar-refractivity contribution in [2.45, 2.75) is 37.1 Å². The van der Waals surface area contributed by atoms with Crippen LogP contribution in [-0.4, -0.2) is 57.5 Å². The number of aromatic nitrogens is 3. The molecule has 0 radical (unpaired) electrons. The summed E-state index contributed by atoms with van der Waals surface area (Å²) < 4.78 is 0. The van der Waals surface area contributed by atoms with Crippen LogP contribution in [0.4, 0.5) is 10.6 Å². The van der Waals surface area contributed by atoms with E-state index in [1.54, 1.807) is 11.9 Å². The van der Waals surface area contributed by atoms with E-state index in [2.05, 4.69) is 38.4 Å². The Morgan fingerprint density at radius 1 is 1.16 bits per heavy atom. The molecule has 3 aliphatic rings. The van der Waals surface area contributed by atoms with Gasteiger partial charge in [0.2, 0.25) is 0 Å². The van der Waals surface area contributed by atoms with Gasteiger partial charge in [-0.25, -0.2) is 14.8 Å². The number of urea groups is 1. The van der Waals surface area contributed by atoms with Crippen LogP contribution in [0.2, 0.25) is 0 Å². The number of nitrogens with one attached hydrogen (secondary N) is 2. The number of nitrogens with zero attached hydrogens (tertiary/aromatic N) is 4. The van der Waals surface area contributed by atoms with E-state index in [-0.39, 0.29) is 11.9 Å². The standard InChI is InChI=1S/C23H24N6O2/c1-28-22(31)27-21(30)23(28)11-15-9-17-18(10-16(15)12-23)26-20(25-17)14-5-4-8-29(13-14)19-6-2-3-7-24-19/h2-3,6-7,9-10,14H,4-5,8,11-13H2,1H3,(H,25,26)(H,27,30,31). The molecule has 1 aromatic carbocycles. The van der Waals surface area contributed by atoms with E-state index in [4.69, 9.17) is 4.98 Å². The average Bonchev–Trinajstić information content (AvgIpc) is 3.43. The molecule has 2 N–H and O–H groups in total. The van der Waals surface area contributed by atoms with Crippen molar-refractivity contribution in [2.24, 2.45) is 0 Å². The lowest BCUT2D eigenvalue weighted by atomic mass is 9.95. The van der Waals surface area contributed by atoms with Crippen molar-refractivity contribution in [2.75, 3.05) is 25.0 Å². The molecular formula is C23H24N6O2. The quantitative estimate of drug-likeness (QED) is 0.626. The van der Waals surface area contributed by atoms with Gasteiger partial charge < -0.3 is 14.8 Å². The number of anilines is 1. The summed E-state index contributed by atoms with van der Waals surface area (Å²) in [7, 11) is 1.70. The molecule has 2 saturated heterocycles. The van der Waals surface area contributed by atoms with Gasteiger partial charge in [0, 0.05) is 45.1 Å². The summed E-state index contributed by atoms with van der Waals surface area (Å²) in [5.41, 5.74) is 3.33. The number of pyridine rings is 1. The number of imidazole rings is 1. The molecule has 0 saturated carbocycles. The summed E-state index contributed by atoms with van der Waals surface area (Å²) in [6.45, 7) is 1.91. The Bertz CT molecular complexity index is 1160. The number of fused-ring (bicyclic) bond motifs is 2. The molecule has 3 aromatic rings. The number of piperidine rings is 1. The first kappa shape index (κ1) is 18.4. The normalized spacial score (nSPS) is 22.4. The fraction of sp³-hybridized carbons (Fsp3) is 0.391. The van der Waals surface area contributed by atoms with E-state index in [1.165, 1.54) is 0 Å². The summed E-state index contributed by atoms with van der Waals surface area (Å²) in [5, 5.41) is 2.45. The van der Waals surface area contributed by atoms with Crippen LogP contribution in [-0.2, 0) is 17.6 Å². The van der Waals surface area contributed by atoms with E-state index in [0.29, 0.717) is 18.8 Å².